The first-order valence-corrected chi connectivity index (χ1v) is 10.3. The summed E-state index contributed by atoms with van der Waals surface area (Å²) in [7, 11) is -3.16. The molecule has 1 heterocycles. The van der Waals surface area contributed by atoms with Gasteiger partial charge in [-0.15, -0.1) is 0 Å². The monoisotopic (exact) mass is 361 g/mol. The van der Waals surface area contributed by atoms with Crippen LogP contribution in [0.5, 0.6) is 0 Å². The smallest absolute Gasteiger partial charge is 0.244 e. The normalized spacial score (nSPS) is 20.3. The molecule has 0 amide bonds. The van der Waals surface area contributed by atoms with Gasteiger partial charge in [0.05, 0.1) is 0 Å². The molecule has 0 saturated carbocycles. The molecule has 1 unspecified atom stereocenters. The fourth-order valence-corrected chi connectivity index (χ4v) is 6.13. The maximum Gasteiger partial charge on any atom is 0.244 e. The number of likely N-dealkylation sites (N-methyl/N-ethyl adjacent to an activating group) is 1. The third kappa shape index (κ3) is 3.43. The first kappa shape index (κ1) is 18.3. The standard InChI is InChI=1S/C14H23N3O4S2/c1-15-11-12-7-6-10-17(12)23(20,21)14-9-5-4-8-13(14)22(18,19)16(2)3/h4-5,8-9,12,15H,6-7,10-11H2,1-3H3. The van der Waals surface area contributed by atoms with Crippen molar-refractivity contribution in [1.82, 2.24) is 13.9 Å². The van der Waals surface area contributed by atoms with E-state index >= 15 is 0 Å². The summed E-state index contributed by atoms with van der Waals surface area (Å²) >= 11 is 0. The molecule has 1 atom stereocenters. The van der Waals surface area contributed by atoms with Crippen molar-refractivity contribution >= 4 is 20.0 Å². The third-order valence-corrected chi connectivity index (χ3v) is 7.97. The molecule has 1 aliphatic rings. The molecule has 2 rings (SSSR count). The lowest BCUT2D eigenvalue weighted by molar-refractivity contribution is 0.378. The summed E-state index contributed by atoms with van der Waals surface area (Å²) in [5.74, 6) is 0. The SMILES string of the molecule is CNCC1CCCN1S(=O)(=O)c1ccccc1S(=O)(=O)N(C)C. The lowest BCUT2D eigenvalue weighted by Gasteiger charge is -2.25. The Balaban J connectivity index is 2.54. The van der Waals surface area contributed by atoms with Gasteiger partial charge in [0.2, 0.25) is 20.0 Å². The second kappa shape index (κ2) is 6.86. The minimum absolute atomic E-state index is 0.153. The number of hydrogen-bond acceptors (Lipinski definition) is 5. The largest absolute Gasteiger partial charge is 0.318 e. The van der Waals surface area contributed by atoms with Gasteiger partial charge in [-0.05, 0) is 32.0 Å². The number of benzene rings is 1. The zero-order chi connectivity index (χ0) is 17.3. The van der Waals surface area contributed by atoms with E-state index in [2.05, 4.69) is 5.32 Å². The number of rotatable bonds is 6. The predicted molar refractivity (Wildman–Crippen MR) is 88.2 cm³/mol. The van der Waals surface area contributed by atoms with Gasteiger partial charge >= 0.3 is 0 Å². The van der Waals surface area contributed by atoms with Gasteiger partial charge in [-0.1, -0.05) is 12.1 Å². The molecule has 1 aromatic rings. The summed E-state index contributed by atoms with van der Waals surface area (Å²) in [6.45, 7) is 0.951. The van der Waals surface area contributed by atoms with E-state index in [0.717, 1.165) is 17.1 Å². The fraction of sp³-hybridized carbons (Fsp3) is 0.571. The van der Waals surface area contributed by atoms with Gasteiger partial charge < -0.3 is 5.32 Å². The van der Waals surface area contributed by atoms with Crippen LogP contribution >= 0.6 is 0 Å². The lowest BCUT2D eigenvalue weighted by atomic mass is 10.2. The van der Waals surface area contributed by atoms with Gasteiger partial charge in [0, 0.05) is 33.2 Å². The number of sulfonamides is 2. The molecule has 7 nitrogen and oxygen atoms in total. The average Bonchev–Trinajstić information content (AvgIpc) is 2.96. The Morgan fingerprint density at radius 3 is 2.35 bits per heavy atom. The van der Waals surface area contributed by atoms with Gasteiger partial charge in [0.1, 0.15) is 9.79 Å². The molecule has 1 aliphatic heterocycles. The summed E-state index contributed by atoms with van der Waals surface area (Å²) < 4.78 is 53.4. The first-order chi connectivity index (χ1) is 10.7. The molecule has 0 aromatic heterocycles. The lowest BCUT2D eigenvalue weighted by Crippen LogP contribution is -2.41. The zero-order valence-electron chi connectivity index (χ0n) is 13.6. The Labute approximate surface area is 138 Å². The molecule has 0 spiro atoms. The predicted octanol–water partition coefficient (Wildman–Crippen LogP) is 0.309. The summed E-state index contributed by atoms with van der Waals surface area (Å²) in [6.07, 6.45) is 1.54. The van der Waals surface area contributed by atoms with Crippen molar-refractivity contribution in [3.63, 3.8) is 0 Å². The van der Waals surface area contributed by atoms with Crippen LogP contribution in [0.3, 0.4) is 0 Å². The molecular weight excluding hydrogens is 338 g/mol. The van der Waals surface area contributed by atoms with E-state index in [9.17, 15) is 16.8 Å². The topological polar surface area (TPSA) is 86.8 Å². The van der Waals surface area contributed by atoms with Gasteiger partial charge in [-0.25, -0.2) is 21.1 Å². The molecule has 23 heavy (non-hydrogen) atoms. The Bertz CT molecular complexity index is 760. The molecule has 0 radical (unpaired) electrons. The molecule has 1 fully saturated rings. The third-order valence-electron chi connectivity index (χ3n) is 3.96. The highest BCUT2D eigenvalue weighted by atomic mass is 32.2. The van der Waals surface area contributed by atoms with Gasteiger partial charge in [0.25, 0.3) is 0 Å². The number of hydrogen-bond donors (Lipinski definition) is 1. The molecule has 0 aliphatic carbocycles. The molecule has 1 N–H and O–H groups in total. The van der Waals surface area contributed by atoms with Crippen molar-refractivity contribution in [2.75, 3.05) is 34.2 Å². The van der Waals surface area contributed by atoms with Crippen LogP contribution in [0.2, 0.25) is 0 Å². The van der Waals surface area contributed by atoms with Crippen molar-refractivity contribution < 1.29 is 16.8 Å². The van der Waals surface area contributed by atoms with Crippen LogP contribution in [0, 0.1) is 0 Å². The molecule has 9 heteroatoms. The Morgan fingerprint density at radius 1 is 1.17 bits per heavy atom. The van der Waals surface area contributed by atoms with Crippen LogP contribution in [0.15, 0.2) is 34.1 Å². The molecule has 1 saturated heterocycles. The second-order valence-corrected chi connectivity index (χ2v) is 9.68. The highest BCUT2D eigenvalue weighted by molar-refractivity contribution is 7.92. The highest BCUT2D eigenvalue weighted by Crippen LogP contribution is 2.30. The van der Waals surface area contributed by atoms with E-state index in [-0.39, 0.29) is 15.8 Å². The van der Waals surface area contributed by atoms with E-state index in [1.807, 2.05) is 0 Å². The van der Waals surface area contributed by atoms with Crippen LogP contribution in [0.4, 0.5) is 0 Å². The van der Waals surface area contributed by atoms with Crippen molar-refractivity contribution in [3.8, 4) is 0 Å². The fourth-order valence-electron chi connectivity index (χ4n) is 2.76. The maximum absolute atomic E-state index is 13.0. The Morgan fingerprint density at radius 2 is 1.78 bits per heavy atom. The minimum atomic E-state index is -3.87. The van der Waals surface area contributed by atoms with Crippen LogP contribution in [-0.4, -0.2) is 65.7 Å². The highest BCUT2D eigenvalue weighted by Gasteiger charge is 2.38. The zero-order valence-corrected chi connectivity index (χ0v) is 15.2. The van der Waals surface area contributed by atoms with Crippen molar-refractivity contribution in [1.29, 1.82) is 0 Å². The Kier molecular flexibility index (Phi) is 5.47. The van der Waals surface area contributed by atoms with E-state index in [1.54, 1.807) is 13.1 Å². The van der Waals surface area contributed by atoms with Crippen LogP contribution in [0.25, 0.3) is 0 Å². The maximum atomic E-state index is 13.0. The first-order valence-electron chi connectivity index (χ1n) is 7.41. The van der Waals surface area contributed by atoms with Crippen molar-refractivity contribution in [2.24, 2.45) is 0 Å². The van der Waals surface area contributed by atoms with E-state index in [4.69, 9.17) is 0 Å². The van der Waals surface area contributed by atoms with E-state index < -0.39 is 20.0 Å². The second-order valence-electron chi connectivity index (χ2n) is 5.70. The molecule has 1 aromatic carbocycles. The Hall–Kier alpha value is -1.00. The number of nitrogens with zero attached hydrogens (tertiary/aromatic N) is 2. The molecule has 130 valence electrons. The minimum Gasteiger partial charge on any atom is -0.318 e. The van der Waals surface area contributed by atoms with E-state index in [0.29, 0.717) is 13.1 Å². The summed E-state index contributed by atoms with van der Waals surface area (Å²) in [4.78, 5) is -0.336. The van der Waals surface area contributed by atoms with Gasteiger partial charge in [-0.3, -0.25) is 0 Å². The quantitative estimate of drug-likeness (QED) is 0.788. The number of nitrogens with one attached hydrogen (secondary N) is 1. The van der Waals surface area contributed by atoms with Crippen LogP contribution < -0.4 is 5.32 Å². The summed E-state index contributed by atoms with van der Waals surface area (Å²) in [5.41, 5.74) is 0. The van der Waals surface area contributed by atoms with Gasteiger partial charge in [-0.2, -0.15) is 4.31 Å². The average molecular weight is 361 g/mol. The molecule has 0 bridgehead atoms. The van der Waals surface area contributed by atoms with E-state index in [1.165, 1.54) is 36.6 Å². The van der Waals surface area contributed by atoms with Crippen LogP contribution in [0.1, 0.15) is 12.8 Å². The van der Waals surface area contributed by atoms with Crippen LogP contribution in [-0.2, 0) is 20.0 Å². The van der Waals surface area contributed by atoms with Crippen molar-refractivity contribution in [2.45, 2.75) is 28.7 Å². The van der Waals surface area contributed by atoms with Crippen molar-refractivity contribution in [3.05, 3.63) is 24.3 Å². The summed E-state index contributed by atoms with van der Waals surface area (Å²) in [6, 6.07) is 5.63. The molecular formula is C14H23N3O4S2. The van der Waals surface area contributed by atoms with Gasteiger partial charge in [0.15, 0.2) is 0 Å². The summed E-state index contributed by atoms with van der Waals surface area (Å²) in [5, 5.41) is 2.99.